The van der Waals surface area contributed by atoms with E-state index in [4.69, 9.17) is 17.0 Å². The standard InChI is InChI=1S/C17H19N3O2S/c1-22-15-7-3-2-6-14(15)20-10-8-12(11-20)19-16(21)13-5-4-9-18-17(13)23/h2-7,9,12H,8,10-11H2,1H3,(H,18,23)(H,19,21)/t12-/m0/s1. The predicted octanol–water partition coefficient (Wildman–Crippen LogP) is 2.76. The van der Waals surface area contributed by atoms with Crippen LogP contribution in [-0.4, -0.2) is 37.1 Å². The molecule has 2 N–H and O–H groups in total. The molecule has 1 fully saturated rings. The van der Waals surface area contributed by atoms with Gasteiger partial charge in [0.2, 0.25) is 0 Å². The lowest BCUT2D eigenvalue weighted by atomic mass is 10.2. The number of aromatic amines is 1. The first-order chi connectivity index (χ1) is 11.2. The van der Waals surface area contributed by atoms with Crippen molar-refractivity contribution in [3.63, 3.8) is 0 Å². The first-order valence-electron chi connectivity index (χ1n) is 7.55. The number of carbonyl (C=O) groups is 1. The minimum absolute atomic E-state index is 0.0991. The fraction of sp³-hybridized carbons (Fsp3) is 0.294. The van der Waals surface area contributed by atoms with Gasteiger partial charge in [-0.15, -0.1) is 0 Å². The number of anilines is 1. The molecule has 1 aliphatic rings. The van der Waals surface area contributed by atoms with Crippen LogP contribution >= 0.6 is 12.2 Å². The molecular weight excluding hydrogens is 310 g/mol. The third-order valence-electron chi connectivity index (χ3n) is 4.01. The normalized spacial score (nSPS) is 17.1. The van der Waals surface area contributed by atoms with Gasteiger partial charge in [0.05, 0.1) is 18.4 Å². The SMILES string of the molecule is COc1ccccc1N1CC[C@H](NC(=O)c2ccc[nH]c2=S)C1. The Bertz CT molecular complexity index is 759. The maximum atomic E-state index is 12.3. The number of nitrogens with zero attached hydrogens (tertiary/aromatic N) is 1. The Kier molecular flexibility index (Phi) is 4.62. The third kappa shape index (κ3) is 3.37. The molecule has 0 aliphatic carbocycles. The van der Waals surface area contributed by atoms with Crippen LogP contribution in [0.3, 0.4) is 0 Å². The highest BCUT2D eigenvalue weighted by Crippen LogP contribution is 2.30. The zero-order chi connectivity index (χ0) is 16.2. The summed E-state index contributed by atoms with van der Waals surface area (Å²) in [7, 11) is 1.67. The molecule has 0 bridgehead atoms. The average molecular weight is 329 g/mol. The van der Waals surface area contributed by atoms with Crippen molar-refractivity contribution < 1.29 is 9.53 Å². The van der Waals surface area contributed by atoms with Gasteiger partial charge < -0.3 is 19.9 Å². The van der Waals surface area contributed by atoms with Crippen molar-refractivity contribution in [2.75, 3.05) is 25.1 Å². The summed E-state index contributed by atoms with van der Waals surface area (Å²) in [6, 6.07) is 11.5. The molecule has 6 heteroatoms. The highest BCUT2D eigenvalue weighted by molar-refractivity contribution is 7.71. The van der Waals surface area contributed by atoms with E-state index in [0.717, 1.165) is 30.9 Å². The number of nitrogens with one attached hydrogen (secondary N) is 2. The van der Waals surface area contributed by atoms with Gasteiger partial charge in [-0.05, 0) is 30.7 Å². The molecule has 2 heterocycles. The Morgan fingerprint density at radius 2 is 2.17 bits per heavy atom. The lowest BCUT2D eigenvalue weighted by Gasteiger charge is -2.21. The summed E-state index contributed by atoms with van der Waals surface area (Å²) in [6.07, 6.45) is 2.62. The van der Waals surface area contributed by atoms with E-state index in [1.807, 2.05) is 24.3 Å². The molecule has 0 radical (unpaired) electrons. The number of ether oxygens (including phenoxy) is 1. The number of carbonyl (C=O) groups excluding carboxylic acids is 1. The van der Waals surface area contributed by atoms with Crippen LogP contribution in [0, 0.1) is 4.64 Å². The second-order valence-electron chi connectivity index (χ2n) is 5.49. The van der Waals surface area contributed by atoms with Crippen molar-refractivity contribution in [1.82, 2.24) is 10.3 Å². The van der Waals surface area contributed by atoms with E-state index in [1.54, 1.807) is 25.4 Å². The number of para-hydroxylation sites is 2. The minimum atomic E-state index is -0.126. The van der Waals surface area contributed by atoms with Gasteiger partial charge in [-0.2, -0.15) is 0 Å². The molecule has 5 nitrogen and oxygen atoms in total. The largest absolute Gasteiger partial charge is 0.495 e. The topological polar surface area (TPSA) is 57.4 Å². The van der Waals surface area contributed by atoms with Crippen molar-refractivity contribution in [1.29, 1.82) is 0 Å². The van der Waals surface area contributed by atoms with Crippen molar-refractivity contribution >= 4 is 23.8 Å². The van der Waals surface area contributed by atoms with Gasteiger partial charge in [0, 0.05) is 25.3 Å². The van der Waals surface area contributed by atoms with Gasteiger partial charge in [-0.25, -0.2) is 0 Å². The van der Waals surface area contributed by atoms with Crippen LogP contribution in [0.5, 0.6) is 5.75 Å². The molecule has 1 aromatic heterocycles. The van der Waals surface area contributed by atoms with Gasteiger partial charge in [0.1, 0.15) is 10.4 Å². The fourth-order valence-electron chi connectivity index (χ4n) is 2.85. The molecule has 1 aromatic carbocycles. The van der Waals surface area contributed by atoms with Crippen molar-refractivity contribution in [3.05, 3.63) is 52.8 Å². The van der Waals surface area contributed by atoms with Crippen LogP contribution < -0.4 is 15.0 Å². The average Bonchev–Trinajstić information content (AvgIpc) is 3.03. The first-order valence-corrected chi connectivity index (χ1v) is 7.96. The van der Waals surface area contributed by atoms with E-state index in [9.17, 15) is 4.79 Å². The number of aromatic nitrogens is 1. The molecule has 1 saturated heterocycles. The van der Waals surface area contributed by atoms with E-state index in [-0.39, 0.29) is 11.9 Å². The number of rotatable bonds is 4. The maximum Gasteiger partial charge on any atom is 0.254 e. The highest BCUT2D eigenvalue weighted by atomic mass is 32.1. The van der Waals surface area contributed by atoms with Gasteiger partial charge in [0.25, 0.3) is 5.91 Å². The molecule has 1 aliphatic heterocycles. The summed E-state index contributed by atoms with van der Waals surface area (Å²) < 4.78 is 5.87. The van der Waals surface area contributed by atoms with Gasteiger partial charge in [-0.1, -0.05) is 24.4 Å². The van der Waals surface area contributed by atoms with Crippen LogP contribution in [0.2, 0.25) is 0 Å². The smallest absolute Gasteiger partial charge is 0.254 e. The molecule has 0 unspecified atom stereocenters. The zero-order valence-corrected chi connectivity index (χ0v) is 13.7. The molecule has 3 rings (SSSR count). The summed E-state index contributed by atoms with van der Waals surface area (Å²) in [4.78, 5) is 17.5. The van der Waals surface area contributed by atoms with Gasteiger partial charge >= 0.3 is 0 Å². The maximum absolute atomic E-state index is 12.3. The quantitative estimate of drug-likeness (QED) is 0.847. The summed E-state index contributed by atoms with van der Waals surface area (Å²) in [6.45, 7) is 1.64. The Balaban J connectivity index is 1.67. The van der Waals surface area contributed by atoms with E-state index >= 15 is 0 Å². The Morgan fingerprint density at radius 1 is 1.35 bits per heavy atom. The van der Waals surface area contributed by atoms with Crippen molar-refractivity contribution in [2.45, 2.75) is 12.5 Å². The van der Waals surface area contributed by atoms with E-state index in [2.05, 4.69) is 15.2 Å². The summed E-state index contributed by atoms with van der Waals surface area (Å²) >= 11 is 5.16. The van der Waals surface area contributed by atoms with E-state index in [1.165, 1.54) is 0 Å². The Hall–Kier alpha value is -2.34. The summed E-state index contributed by atoms with van der Waals surface area (Å²) in [5, 5.41) is 3.07. The van der Waals surface area contributed by atoms with Gasteiger partial charge in [-0.3, -0.25) is 4.79 Å². The monoisotopic (exact) mass is 329 g/mol. The highest BCUT2D eigenvalue weighted by Gasteiger charge is 2.26. The van der Waals surface area contributed by atoms with Crippen LogP contribution in [-0.2, 0) is 0 Å². The molecule has 120 valence electrons. The molecule has 0 spiro atoms. The molecule has 2 aromatic rings. The summed E-state index contributed by atoms with van der Waals surface area (Å²) in [5.41, 5.74) is 1.57. The Morgan fingerprint density at radius 3 is 2.96 bits per heavy atom. The molecule has 1 atom stereocenters. The third-order valence-corrected chi connectivity index (χ3v) is 4.35. The van der Waals surface area contributed by atoms with Crippen molar-refractivity contribution in [3.8, 4) is 5.75 Å². The number of pyridine rings is 1. The Labute approximate surface area is 140 Å². The first kappa shape index (κ1) is 15.6. The summed E-state index contributed by atoms with van der Waals surface area (Å²) in [5.74, 6) is 0.726. The van der Waals surface area contributed by atoms with E-state index in [0.29, 0.717) is 10.2 Å². The molecule has 0 saturated carbocycles. The number of hydrogen-bond donors (Lipinski definition) is 2. The van der Waals surface area contributed by atoms with Gasteiger partial charge in [0.15, 0.2) is 0 Å². The second kappa shape index (κ2) is 6.83. The van der Waals surface area contributed by atoms with Crippen molar-refractivity contribution in [2.24, 2.45) is 0 Å². The molecular formula is C17H19N3O2S. The van der Waals surface area contributed by atoms with Crippen LogP contribution in [0.25, 0.3) is 0 Å². The number of benzene rings is 1. The van der Waals surface area contributed by atoms with E-state index < -0.39 is 0 Å². The van der Waals surface area contributed by atoms with Crippen LogP contribution in [0.4, 0.5) is 5.69 Å². The number of hydrogen-bond acceptors (Lipinski definition) is 4. The second-order valence-corrected chi connectivity index (χ2v) is 5.90. The lowest BCUT2D eigenvalue weighted by molar-refractivity contribution is 0.0939. The molecule has 23 heavy (non-hydrogen) atoms. The number of amides is 1. The fourth-order valence-corrected chi connectivity index (χ4v) is 3.08. The number of methoxy groups -OCH3 is 1. The lowest BCUT2D eigenvalue weighted by Crippen LogP contribution is -2.37. The van der Waals surface area contributed by atoms with Crippen LogP contribution in [0.15, 0.2) is 42.6 Å². The number of H-pyrrole nitrogens is 1. The van der Waals surface area contributed by atoms with Crippen LogP contribution in [0.1, 0.15) is 16.8 Å². The predicted molar refractivity (Wildman–Crippen MR) is 92.7 cm³/mol. The molecule has 1 amide bonds. The minimum Gasteiger partial charge on any atom is -0.495 e. The zero-order valence-electron chi connectivity index (χ0n) is 12.9.